The fourth-order valence-corrected chi connectivity index (χ4v) is 4.65. The average Bonchev–Trinajstić information content (AvgIpc) is 3.05. The number of benzene rings is 1. The molecule has 0 bridgehead atoms. The van der Waals surface area contributed by atoms with E-state index < -0.39 is 10.0 Å². The molecule has 1 amide bonds. The first-order valence-corrected chi connectivity index (χ1v) is 10.8. The van der Waals surface area contributed by atoms with Crippen molar-refractivity contribution in [1.29, 1.82) is 0 Å². The lowest BCUT2D eigenvalue weighted by Gasteiger charge is -2.10. The predicted molar refractivity (Wildman–Crippen MR) is 98.1 cm³/mol. The van der Waals surface area contributed by atoms with Gasteiger partial charge in [0.25, 0.3) is 0 Å². The van der Waals surface area contributed by atoms with Gasteiger partial charge in [-0.15, -0.1) is 0 Å². The van der Waals surface area contributed by atoms with Crippen molar-refractivity contribution in [3.05, 3.63) is 28.7 Å². The zero-order valence-electron chi connectivity index (χ0n) is 13.8. The molecule has 1 aromatic carbocycles. The third-order valence-electron chi connectivity index (χ3n) is 4.34. The van der Waals surface area contributed by atoms with Crippen LogP contribution >= 0.6 is 15.9 Å². The Morgan fingerprint density at radius 1 is 1.21 bits per heavy atom. The molecular weight excluding hydrogens is 392 g/mol. The molecule has 134 valence electrons. The van der Waals surface area contributed by atoms with E-state index in [1.165, 1.54) is 44.2 Å². The van der Waals surface area contributed by atoms with Crippen LogP contribution in [0.5, 0.6) is 0 Å². The van der Waals surface area contributed by atoms with Crippen LogP contribution in [-0.4, -0.2) is 27.4 Å². The quantitative estimate of drug-likeness (QED) is 0.606. The van der Waals surface area contributed by atoms with Gasteiger partial charge in [-0.2, -0.15) is 0 Å². The summed E-state index contributed by atoms with van der Waals surface area (Å²) in [6.07, 6.45) is 7.66. The molecule has 0 spiro atoms. The Morgan fingerprint density at radius 2 is 1.96 bits per heavy atom. The van der Waals surface area contributed by atoms with Gasteiger partial charge in [-0.3, -0.25) is 4.79 Å². The van der Waals surface area contributed by atoms with Crippen LogP contribution in [0.3, 0.4) is 0 Å². The fourth-order valence-electron chi connectivity index (χ4n) is 3.02. The van der Waals surface area contributed by atoms with Gasteiger partial charge in [-0.1, -0.05) is 47.7 Å². The number of rotatable bonds is 9. The number of nitrogens with one attached hydrogen (secondary N) is 2. The van der Waals surface area contributed by atoms with Crippen LogP contribution in [0.25, 0.3) is 0 Å². The van der Waals surface area contributed by atoms with E-state index in [0.29, 0.717) is 11.0 Å². The van der Waals surface area contributed by atoms with E-state index in [0.717, 1.165) is 12.3 Å². The first-order valence-electron chi connectivity index (χ1n) is 8.49. The third-order valence-corrected chi connectivity index (χ3v) is 6.29. The van der Waals surface area contributed by atoms with Crippen molar-refractivity contribution in [3.8, 4) is 0 Å². The van der Waals surface area contributed by atoms with Gasteiger partial charge in [0.05, 0.1) is 4.90 Å². The van der Waals surface area contributed by atoms with E-state index >= 15 is 0 Å². The molecule has 24 heavy (non-hydrogen) atoms. The molecule has 2 rings (SSSR count). The van der Waals surface area contributed by atoms with Gasteiger partial charge in [-0.05, 0) is 37.0 Å². The summed E-state index contributed by atoms with van der Waals surface area (Å²) in [4.78, 5) is 12.0. The Hall–Kier alpha value is -0.920. The Balaban J connectivity index is 1.63. The molecule has 0 radical (unpaired) electrons. The van der Waals surface area contributed by atoms with Gasteiger partial charge < -0.3 is 5.32 Å². The largest absolute Gasteiger partial charge is 0.356 e. The monoisotopic (exact) mass is 416 g/mol. The minimum Gasteiger partial charge on any atom is -0.356 e. The summed E-state index contributed by atoms with van der Waals surface area (Å²) < 4.78 is 27.4. The summed E-state index contributed by atoms with van der Waals surface area (Å²) in [5.41, 5.74) is 0. The van der Waals surface area contributed by atoms with Crippen molar-refractivity contribution in [1.82, 2.24) is 10.0 Å². The lowest BCUT2D eigenvalue weighted by Crippen LogP contribution is -2.31. The minimum atomic E-state index is -3.57. The Kier molecular flexibility index (Phi) is 7.71. The van der Waals surface area contributed by atoms with Crippen molar-refractivity contribution in [2.45, 2.75) is 49.8 Å². The molecule has 2 N–H and O–H groups in total. The molecule has 0 atom stereocenters. The Labute approximate surface area is 152 Å². The highest BCUT2D eigenvalue weighted by molar-refractivity contribution is 9.10. The summed E-state index contributed by atoms with van der Waals surface area (Å²) in [6.45, 7) is 0.775. The molecule has 0 heterocycles. The van der Waals surface area contributed by atoms with Gasteiger partial charge in [-0.25, -0.2) is 13.1 Å². The van der Waals surface area contributed by atoms with Crippen LogP contribution < -0.4 is 10.0 Å². The van der Waals surface area contributed by atoms with E-state index in [-0.39, 0.29) is 23.8 Å². The summed E-state index contributed by atoms with van der Waals surface area (Å²) in [5, 5.41) is 2.86. The molecule has 7 heteroatoms. The maximum Gasteiger partial charge on any atom is 0.240 e. The first-order chi connectivity index (χ1) is 11.5. The Morgan fingerprint density at radius 3 is 2.67 bits per heavy atom. The normalized spacial score (nSPS) is 15.5. The van der Waals surface area contributed by atoms with Crippen molar-refractivity contribution < 1.29 is 13.2 Å². The molecule has 0 unspecified atom stereocenters. The van der Waals surface area contributed by atoms with E-state index in [2.05, 4.69) is 26.0 Å². The number of amides is 1. The molecule has 0 aromatic heterocycles. The average molecular weight is 417 g/mol. The van der Waals surface area contributed by atoms with E-state index in [1.807, 2.05) is 0 Å². The van der Waals surface area contributed by atoms with Crippen LogP contribution in [0.15, 0.2) is 33.6 Å². The number of carbonyl (C=O) groups is 1. The molecule has 5 nitrogen and oxygen atoms in total. The number of halogens is 1. The minimum absolute atomic E-state index is 0.101. The molecule has 1 saturated carbocycles. The number of sulfonamides is 1. The second-order valence-electron chi connectivity index (χ2n) is 6.25. The summed E-state index contributed by atoms with van der Waals surface area (Å²) in [5.74, 6) is 0.720. The van der Waals surface area contributed by atoms with Gasteiger partial charge in [0.1, 0.15) is 0 Å². The van der Waals surface area contributed by atoms with Crippen molar-refractivity contribution >= 4 is 31.9 Å². The van der Waals surface area contributed by atoms with Crippen LogP contribution in [0.1, 0.15) is 44.9 Å². The lowest BCUT2D eigenvalue weighted by molar-refractivity contribution is -0.120. The second-order valence-corrected chi connectivity index (χ2v) is 8.93. The Bertz CT molecular complexity index is 643. The SMILES string of the molecule is O=C(CCNS(=O)(=O)c1cccc(Br)c1)NCCCC1CCCC1. The van der Waals surface area contributed by atoms with Crippen molar-refractivity contribution in [3.63, 3.8) is 0 Å². The van der Waals surface area contributed by atoms with Crippen LogP contribution in [0.2, 0.25) is 0 Å². The standard InChI is InChI=1S/C17H25BrN2O3S/c18-15-8-3-9-16(13-15)24(22,23)20-12-10-17(21)19-11-4-7-14-5-1-2-6-14/h3,8-9,13-14,20H,1-2,4-7,10-12H2,(H,19,21). The number of hydrogen-bond acceptors (Lipinski definition) is 3. The lowest BCUT2D eigenvalue weighted by atomic mass is 10.0. The van der Waals surface area contributed by atoms with Gasteiger partial charge >= 0.3 is 0 Å². The van der Waals surface area contributed by atoms with Crippen LogP contribution in [-0.2, 0) is 14.8 Å². The maximum atomic E-state index is 12.1. The third kappa shape index (κ3) is 6.53. The molecule has 1 fully saturated rings. The van der Waals surface area contributed by atoms with Crippen molar-refractivity contribution in [2.24, 2.45) is 5.92 Å². The van der Waals surface area contributed by atoms with E-state index in [9.17, 15) is 13.2 Å². The molecule has 0 saturated heterocycles. The summed E-state index contributed by atoms with van der Waals surface area (Å²) >= 11 is 3.25. The first kappa shape index (κ1) is 19.4. The van der Waals surface area contributed by atoms with Crippen LogP contribution in [0, 0.1) is 5.92 Å². The molecule has 1 aromatic rings. The number of carbonyl (C=O) groups excluding carboxylic acids is 1. The summed E-state index contributed by atoms with van der Waals surface area (Å²) in [7, 11) is -3.57. The topological polar surface area (TPSA) is 75.3 Å². The smallest absolute Gasteiger partial charge is 0.240 e. The van der Waals surface area contributed by atoms with E-state index in [4.69, 9.17) is 0 Å². The van der Waals surface area contributed by atoms with Gasteiger partial charge in [0, 0.05) is 24.0 Å². The zero-order valence-corrected chi connectivity index (χ0v) is 16.2. The summed E-state index contributed by atoms with van der Waals surface area (Å²) in [6, 6.07) is 6.48. The highest BCUT2D eigenvalue weighted by Gasteiger charge is 2.15. The fraction of sp³-hybridized carbons (Fsp3) is 0.588. The van der Waals surface area contributed by atoms with E-state index in [1.54, 1.807) is 12.1 Å². The van der Waals surface area contributed by atoms with Gasteiger partial charge in [0.2, 0.25) is 15.9 Å². The van der Waals surface area contributed by atoms with Crippen LogP contribution in [0.4, 0.5) is 0 Å². The highest BCUT2D eigenvalue weighted by Crippen LogP contribution is 2.28. The zero-order chi connectivity index (χ0) is 17.4. The molecule has 1 aliphatic rings. The van der Waals surface area contributed by atoms with Gasteiger partial charge in [0.15, 0.2) is 0 Å². The molecule has 1 aliphatic carbocycles. The molecule has 0 aliphatic heterocycles. The highest BCUT2D eigenvalue weighted by atomic mass is 79.9. The second kappa shape index (κ2) is 9.53. The van der Waals surface area contributed by atoms with Crippen molar-refractivity contribution in [2.75, 3.05) is 13.1 Å². The maximum absolute atomic E-state index is 12.1. The predicted octanol–water partition coefficient (Wildman–Crippen LogP) is 3.20. The molecular formula is C17H25BrN2O3S. The number of hydrogen-bond donors (Lipinski definition) is 2.